The third-order valence-electron chi connectivity index (χ3n) is 9.19. The molecule has 0 spiro atoms. The average molecular weight is 750 g/mol. The van der Waals surface area contributed by atoms with E-state index in [1.54, 1.807) is 12.2 Å². The van der Waals surface area contributed by atoms with E-state index in [0.717, 1.165) is 51.5 Å². The van der Waals surface area contributed by atoms with Gasteiger partial charge in [-0.1, -0.05) is 47.6 Å². The van der Waals surface area contributed by atoms with Crippen LogP contribution in [0.4, 0.5) is 5.13 Å². The van der Waals surface area contributed by atoms with Gasteiger partial charge in [-0.2, -0.15) is 0 Å². The van der Waals surface area contributed by atoms with E-state index in [9.17, 15) is 39.6 Å². The highest BCUT2D eigenvalue weighted by Gasteiger charge is 2.54. The number of aromatic nitrogens is 1. The van der Waals surface area contributed by atoms with Crippen LogP contribution in [0, 0.1) is 0 Å². The lowest BCUT2D eigenvalue weighted by molar-refractivity contribution is -0.937. The minimum atomic E-state index is -1.78. The number of aliphatic carboxylic acids is 2. The van der Waals surface area contributed by atoms with Crippen molar-refractivity contribution in [2.75, 3.05) is 25.1 Å². The molecule has 6 rings (SSSR count). The molecule has 272 valence electrons. The molecule has 4 heterocycles. The first-order valence-electron chi connectivity index (χ1n) is 16.1. The zero-order valence-corrected chi connectivity index (χ0v) is 30.0. The van der Waals surface area contributed by atoms with Gasteiger partial charge in [0.2, 0.25) is 5.60 Å². The average Bonchev–Trinajstić information content (AvgIpc) is 3.53. The Labute approximate surface area is 306 Å². The lowest BCUT2D eigenvalue weighted by Gasteiger charge is -2.49. The summed E-state index contributed by atoms with van der Waals surface area (Å²) < 4.78 is 0.655. The molecule has 3 aliphatic heterocycles. The molecular weight excluding hydrogens is 713 g/mol. The topological polar surface area (TPSA) is 225 Å². The van der Waals surface area contributed by atoms with Gasteiger partial charge in [-0.15, -0.1) is 23.1 Å². The summed E-state index contributed by atoms with van der Waals surface area (Å²) in [6.45, 7) is 4.65. The maximum atomic E-state index is 13.3. The van der Waals surface area contributed by atoms with Crippen LogP contribution >= 0.6 is 23.1 Å². The van der Waals surface area contributed by atoms with Gasteiger partial charge in [-0.25, -0.2) is 14.6 Å². The molecule has 15 nitrogen and oxygen atoms in total. The summed E-state index contributed by atoms with van der Waals surface area (Å²) in [7, 11) is 2.11. The smallest absolute Gasteiger partial charge is 0.352 e. The van der Waals surface area contributed by atoms with Crippen molar-refractivity contribution in [3.63, 3.8) is 0 Å². The summed E-state index contributed by atoms with van der Waals surface area (Å²) in [6, 6.07) is 10.1. The normalized spacial score (nSPS) is 21.7. The largest absolute Gasteiger partial charge is 0.504 e. The Bertz CT molecular complexity index is 2060. The highest BCUT2D eigenvalue weighted by molar-refractivity contribution is 8.00. The molecule has 3 aliphatic rings. The second kappa shape index (κ2) is 14.0. The number of nitrogens with two attached hydrogens (primary N) is 1. The van der Waals surface area contributed by atoms with Crippen LogP contribution in [-0.4, -0.2) is 101 Å². The minimum absolute atomic E-state index is 0.0159. The predicted octanol–water partition coefficient (Wildman–Crippen LogP) is 2.88. The molecule has 1 unspecified atom stereocenters. The van der Waals surface area contributed by atoms with E-state index in [-0.39, 0.29) is 33.8 Å². The van der Waals surface area contributed by atoms with Gasteiger partial charge >= 0.3 is 11.9 Å². The number of carbonyl (C=O) groups is 4. The number of carboxylic acids is 2. The number of β-lactam (4-membered cyclic amide) rings is 1. The third-order valence-corrected chi connectivity index (χ3v) is 11.2. The number of aromatic hydroxyl groups is 2. The monoisotopic (exact) mass is 749 g/mol. The predicted molar refractivity (Wildman–Crippen MR) is 193 cm³/mol. The highest BCUT2D eigenvalue weighted by atomic mass is 32.2. The second-order valence-corrected chi connectivity index (χ2v) is 15.5. The lowest BCUT2D eigenvalue weighted by atomic mass is 9.96. The Kier molecular flexibility index (Phi) is 9.78. The summed E-state index contributed by atoms with van der Waals surface area (Å²) in [5.41, 5.74) is 7.52. The van der Waals surface area contributed by atoms with Crippen LogP contribution in [0.15, 0.2) is 64.3 Å². The number of hydrogen-bond acceptors (Lipinski definition) is 12. The van der Waals surface area contributed by atoms with Gasteiger partial charge < -0.3 is 40.8 Å². The number of benzene rings is 2. The number of nitrogens with zero attached hydrogens (tertiary/aromatic N) is 4. The van der Waals surface area contributed by atoms with Crippen molar-refractivity contribution in [2.24, 2.45) is 5.16 Å². The molecule has 1 saturated heterocycles. The highest BCUT2D eigenvalue weighted by Crippen LogP contribution is 2.41. The molecule has 1 fully saturated rings. The number of rotatable bonds is 11. The Morgan fingerprint density at radius 1 is 1.15 bits per heavy atom. The Hall–Kier alpha value is -5.39. The molecule has 0 saturated carbocycles. The van der Waals surface area contributed by atoms with Crippen LogP contribution in [0.2, 0.25) is 0 Å². The minimum Gasteiger partial charge on any atom is -0.504 e. The standard InChI is InChI=1S/C35H36N6O9S2/c1-35(2,33(48)49)50-39-25(23-17-52-34(36)37-23)29(44)38-26-30(45)40-27(32(46)47)21(16-51-31(26)40)9-8-18-4-6-19(7-5-18)14-41(3)13-12-20-10-11-24(42)28(43)22(20)15-41/h4-11,17,26,31H,12-16H2,1-3H3,(H6-,36,37,38,39,42,43,44,46,47,48,49)/p+1/b9-8-/t26-,31-,41?/m1/s1. The van der Waals surface area contributed by atoms with Crippen molar-refractivity contribution in [3.8, 4) is 11.5 Å². The zero-order valence-electron chi connectivity index (χ0n) is 28.4. The molecule has 7 N–H and O–H groups in total. The second-order valence-electron chi connectivity index (χ2n) is 13.5. The number of nitrogen functional groups attached to an aromatic ring is 1. The summed E-state index contributed by atoms with van der Waals surface area (Å²) in [6.07, 6.45) is 4.23. The molecule has 2 aromatic carbocycles. The number of oxime groups is 1. The van der Waals surface area contributed by atoms with Gasteiger partial charge in [0.25, 0.3) is 11.8 Å². The quantitative estimate of drug-likeness (QED) is 0.0548. The van der Waals surface area contributed by atoms with Crippen molar-refractivity contribution >= 4 is 63.8 Å². The maximum Gasteiger partial charge on any atom is 0.352 e. The van der Waals surface area contributed by atoms with Crippen molar-refractivity contribution in [3.05, 3.63) is 87.1 Å². The number of fused-ring (bicyclic) bond motifs is 2. The number of carboxylic acid groups (broad SMARTS) is 2. The van der Waals surface area contributed by atoms with Gasteiger partial charge in [0.15, 0.2) is 22.3 Å². The van der Waals surface area contributed by atoms with Crippen molar-refractivity contribution < 1.29 is 48.9 Å². The fraction of sp³-hybridized carbons (Fsp3) is 0.314. The lowest BCUT2D eigenvalue weighted by Crippen LogP contribution is -2.71. The molecule has 3 aromatic rings. The maximum absolute atomic E-state index is 13.3. The molecule has 1 aromatic heterocycles. The molecule has 17 heteroatoms. The number of carbonyl (C=O) groups excluding carboxylic acids is 2. The number of allylic oxidation sites excluding steroid dienone is 1. The molecular formula is C35H37N6O9S2+. The first-order chi connectivity index (χ1) is 24.6. The van der Waals surface area contributed by atoms with Gasteiger partial charge in [0, 0.05) is 23.1 Å². The van der Waals surface area contributed by atoms with Crippen LogP contribution in [0.1, 0.15) is 41.8 Å². The number of thiazole rings is 1. The van der Waals surface area contributed by atoms with Crippen molar-refractivity contribution in [1.82, 2.24) is 15.2 Å². The molecule has 0 radical (unpaired) electrons. The van der Waals surface area contributed by atoms with Gasteiger partial charge in [-0.05, 0) is 36.6 Å². The number of quaternary nitrogens is 1. The Morgan fingerprint density at radius 2 is 1.88 bits per heavy atom. The fourth-order valence-electron chi connectivity index (χ4n) is 6.21. The van der Waals surface area contributed by atoms with E-state index in [1.807, 2.05) is 30.3 Å². The van der Waals surface area contributed by atoms with Crippen LogP contribution in [0.25, 0.3) is 6.08 Å². The molecule has 2 amide bonds. The number of anilines is 1. The van der Waals surface area contributed by atoms with Crippen molar-refractivity contribution in [1.29, 1.82) is 0 Å². The molecule has 0 bridgehead atoms. The summed E-state index contributed by atoms with van der Waals surface area (Å²) in [5, 5.41) is 47.1. The van der Waals surface area contributed by atoms with Crippen LogP contribution in [0.5, 0.6) is 11.5 Å². The Balaban J connectivity index is 1.13. The van der Waals surface area contributed by atoms with Crippen molar-refractivity contribution in [2.45, 2.75) is 50.4 Å². The van der Waals surface area contributed by atoms with E-state index >= 15 is 0 Å². The van der Waals surface area contributed by atoms with E-state index < -0.39 is 46.5 Å². The summed E-state index contributed by atoms with van der Waals surface area (Å²) >= 11 is 2.30. The van der Waals surface area contributed by atoms with E-state index in [1.165, 1.54) is 37.1 Å². The molecule has 3 atom stereocenters. The van der Waals surface area contributed by atoms with Crippen LogP contribution in [0.3, 0.4) is 0 Å². The van der Waals surface area contributed by atoms with Crippen LogP contribution < -0.4 is 11.1 Å². The number of hydrogen-bond donors (Lipinski definition) is 6. The van der Waals surface area contributed by atoms with Gasteiger partial charge in [0.05, 0.1) is 19.2 Å². The number of nitrogens with one attached hydrogen (secondary N) is 1. The van der Waals surface area contributed by atoms with Crippen LogP contribution in [-0.2, 0) is 43.5 Å². The molecule has 0 aliphatic carbocycles. The number of likely N-dealkylation sites (N-methyl/N-ethyl adjacent to an activating group) is 1. The van der Waals surface area contributed by atoms with E-state index in [2.05, 4.69) is 22.5 Å². The van der Waals surface area contributed by atoms with Gasteiger partial charge in [-0.3, -0.25) is 14.5 Å². The zero-order chi connectivity index (χ0) is 37.5. The van der Waals surface area contributed by atoms with E-state index in [4.69, 9.17) is 10.6 Å². The number of phenols is 2. The SMILES string of the molecule is CC(C)(O/N=C(\C(=O)N[C@@H]1C(=O)N2C(C(=O)O)=C(/C=C\c3ccc(C[N+]4(C)CCc5ccc(O)c(O)c5C4)cc3)CS[C@H]12)c1csc(N)n1)C(=O)O. The number of phenolic OH excluding ortho intramolecular Hbond substituents is 2. The van der Waals surface area contributed by atoms with Gasteiger partial charge in [0.1, 0.15) is 35.9 Å². The first kappa shape index (κ1) is 36.4. The number of amides is 2. The summed E-state index contributed by atoms with van der Waals surface area (Å²) in [4.78, 5) is 60.9. The molecule has 52 heavy (non-hydrogen) atoms. The van der Waals surface area contributed by atoms with E-state index in [0.29, 0.717) is 23.1 Å². The number of thioether (sulfide) groups is 1. The first-order valence-corrected chi connectivity index (χ1v) is 18.1. The fourth-order valence-corrected chi connectivity index (χ4v) is 8.08. The Morgan fingerprint density at radius 3 is 2.54 bits per heavy atom. The summed E-state index contributed by atoms with van der Waals surface area (Å²) in [5.74, 6) is -4.06. The third kappa shape index (κ3) is 7.19.